The van der Waals surface area contributed by atoms with Gasteiger partial charge in [-0.25, -0.2) is 0 Å². The molecular formula is C12H15LiO2. The normalized spacial score (nSPS) is 26.3. The van der Waals surface area contributed by atoms with E-state index in [0.717, 1.165) is 6.42 Å². The van der Waals surface area contributed by atoms with Crippen LogP contribution >= 0.6 is 0 Å². The minimum atomic E-state index is -0.0872. The molecule has 0 bridgehead atoms. The van der Waals surface area contributed by atoms with Gasteiger partial charge in [0, 0.05) is 0 Å². The Hall–Kier alpha value is -0.263. The molecule has 1 aliphatic heterocycles. The van der Waals surface area contributed by atoms with Crippen molar-refractivity contribution in [2.24, 2.45) is 0 Å². The smallest absolute Gasteiger partial charge is 0.348 e. The zero-order valence-electron chi connectivity index (χ0n) is 9.57. The van der Waals surface area contributed by atoms with Crippen LogP contribution in [-0.4, -0.2) is 18.5 Å². The molecule has 1 aromatic rings. The molecule has 0 aromatic heterocycles. The summed E-state index contributed by atoms with van der Waals surface area (Å²) in [5, 5.41) is 0. The molecule has 1 saturated heterocycles. The van der Waals surface area contributed by atoms with Crippen molar-refractivity contribution in [3.05, 3.63) is 35.9 Å². The standard InChI is InChI=1S/C12H15O2.Li/c1-9-10(2)14-12(13-9)8-11-6-4-3-5-7-11;/h3-4,6-7,9-10,12H,8H2,1-2H3;/q-1;+1/t9-,10-;/m1./s1. The van der Waals surface area contributed by atoms with Gasteiger partial charge >= 0.3 is 18.9 Å². The van der Waals surface area contributed by atoms with E-state index in [4.69, 9.17) is 9.47 Å². The largest absolute Gasteiger partial charge is 1.00 e. The summed E-state index contributed by atoms with van der Waals surface area (Å²) in [5.41, 5.74) is 1.21. The molecule has 76 valence electrons. The molecule has 1 fully saturated rings. The first-order valence-corrected chi connectivity index (χ1v) is 5.01. The van der Waals surface area contributed by atoms with Crippen LogP contribution in [0.15, 0.2) is 24.3 Å². The number of ether oxygens (including phenoxy) is 2. The summed E-state index contributed by atoms with van der Waals surface area (Å²) in [7, 11) is 0. The third-order valence-electron chi connectivity index (χ3n) is 2.57. The van der Waals surface area contributed by atoms with Gasteiger partial charge in [-0.05, 0) is 20.3 Å². The minimum absolute atomic E-state index is 0. The molecule has 2 nitrogen and oxygen atoms in total. The molecule has 15 heavy (non-hydrogen) atoms. The molecule has 0 radical (unpaired) electrons. The van der Waals surface area contributed by atoms with Gasteiger partial charge in [-0.2, -0.15) is 35.9 Å². The maximum atomic E-state index is 5.64. The maximum Gasteiger partial charge on any atom is 1.00 e. The first kappa shape index (κ1) is 12.8. The first-order valence-electron chi connectivity index (χ1n) is 5.01. The molecule has 2 rings (SSSR count). The van der Waals surface area contributed by atoms with E-state index in [2.05, 4.69) is 12.1 Å². The number of rotatable bonds is 2. The Bertz CT molecular complexity index is 279. The number of hydrogen-bond donors (Lipinski definition) is 0. The Morgan fingerprint density at radius 3 is 2.47 bits per heavy atom. The maximum absolute atomic E-state index is 5.64. The van der Waals surface area contributed by atoms with Crippen molar-refractivity contribution in [2.75, 3.05) is 0 Å². The van der Waals surface area contributed by atoms with Crippen LogP contribution in [0.25, 0.3) is 0 Å². The summed E-state index contributed by atoms with van der Waals surface area (Å²) in [5.74, 6) is 0. The van der Waals surface area contributed by atoms with Gasteiger partial charge < -0.3 is 9.47 Å². The zero-order chi connectivity index (χ0) is 9.97. The van der Waals surface area contributed by atoms with E-state index in [9.17, 15) is 0 Å². The third kappa shape index (κ3) is 3.36. The number of benzene rings is 1. The van der Waals surface area contributed by atoms with E-state index in [1.807, 2.05) is 32.0 Å². The fourth-order valence-corrected chi connectivity index (χ4v) is 1.58. The van der Waals surface area contributed by atoms with Crippen LogP contribution in [-0.2, 0) is 15.9 Å². The van der Waals surface area contributed by atoms with Crippen molar-refractivity contribution < 1.29 is 28.3 Å². The molecular weight excluding hydrogens is 183 g/mol. The van der Waals surface area contributed by atoms with Gasteiger partial charge in [0.15, 0.2) is 6.29 Å². The summed E-state index contributed by atoms with van der Waals surface area (Å²) in [6.45, 7) is 4.09. The second-order valence-corrected chi connectivity index (χ2v) is 3.73. The van der Waals surface area contributed by atoms with Crippen LogP contribution in [0, 0.1) is 6.07 Å². The van der Waals surface area contributed by atoms with Crippen molar-refractivity contribution in [1.29, 1.82) is 0 Å². The molecule has 1 heterocycles. The van der Waals surface area contributed by atoms with Gasteiger partial charge in [0.1, 0.15) is 0 Å². The van der Waals surface area contributed by atoms with Gasteiger partial charge in [0.2, 0.25) is 0 Å². The molecule has 0 unspecified atom stereocenters. The van der Waals surface area contributed by atoms with Crippen LogP contribution in [0.1, 0.15) is 19.4 Å². The summed E-state index contributed by atoms with van der Waals surface area (Å²) in [6, 6.07) is 11.0. The molecule has 1 aromatic carbocycles. The van der Waals surface area contributed by atoms with Gasteiger partial charge in [-0.15, -0.1) is 0 Å². The van der Waals surface area contributed by atoms with E-state index in [-0.39, 0.29) is 37.4 Å². The number of hydrogen-bond acceptors (Lipinski definition) is 2. The van der Waals surface area contributed by atoms with Crippen molar-refractivity contribution in [3.63, 3.8) is 0 Å². The topological polar surface area (TPSA) is 18.5 Å². The van der Waals surface area contributed by atoms with Crippen LogP contribution in [0.5, 0.6) is 0 Å². The summed E-state index contributed by atoms with van der Waals surface area (Å²) >= 11 is 0. The van der Waals surface area contributed by atoms with E-state index in [1.165, 1.54) is 5.56 Å². The predicted octanol–water partition coefficient (Wildman–Crippen LogP) is -0.817. The zero-order valence-corrected chi connectivity index (χ0v) is 9.57. The molecule has 3 heteroatoms. The van der Waals surface area contributed by atoms with Gasteiger partial charge in [0.05, 0.1) is 12.2 Å². The average Bonchev–Trinajstić information content (AvgIpc) is 2.47. The third-order valence-corrected chi connectivity index (χ3v) is 2.57. The van der Waals surface area contributed by atoms with E-state index in [0.29, 0.717) is 0 Å². The van der Waals surface area contributed by atoms with Gasteiger partial charge in [0.25, 0.3) is 0 Å². The monoisotopic (exact) mass is 198 g/mol. The van der Waals surface area contributed by atoms with Crippen molar-refractivity contribution in [2.45, 2.75) is 38.8 Å². The predicted molar refractivity (Wildman–Crippen MR) is 53.9 cm³/mol. The Morgan fingerprint density at radius 2 is 1.93 bits per heavy atom. The SMILES string of the molecule is C[C@H]1OC(Cc2c[c-]ccc2)O[C@@H]1C.[Li+]. The summed E-state index contributed by atoms with van der Waals surface area (Å²) < 4.78 is 11.3. The Morgan fingerprint density at radius 1 is 1.27 bits per heavy atom. The molecule has 0 N–H and O–H groups in total. The van der Waals surface area contributed by atoms with E-state index < -0.39 is 0 Å². The first-order chi connectivity index (χ1) is 6.75. The van der Waals surface area contributed by atoms with Crippen LogP contribution in [0.4, 0.5) is 0 Å². The van der Waals surface area contributed by atoms with Crippen LogP contribution < -0.4 is 18.9 Å². The molecule has 0 amide bonds. The summed E-state index contributed by atoms with van der Waals surface area (Å²) in [4.78, 5) is 0. The minimum Gasteiger partial charge on any atom is -0.348 e. The van der Waals surface area contributed by atoms with Crippen molar-refractivity contribution in [3.8, 4) is 0 Å². The quantitative estimate of drug-likeness (QED) is 0.457. The molecule has 0 spiro atoms. The van der Waals surface area contributed by atoms with Gasteiger partial charge in [-0.1, -0.05) is 0 Å². The van der Waals surface area contributed by atoms with Crippen LogP contribution in [0.2, 0.25) is 0 Å². The Balaban J connectivity index is 0.00000112. The average molecular weight is 198 g/mol. The molecule has 0 aliphatic carbocycles. The second-order valence-electron chi connectivity index (χ2n) is 3.73. The van der Waals surface area contributed by atoms with Crippen molar-refractivity contribution in [1.82, 2.24) is 0 Å². The molecule has 2 atom stereocenters. The van der Waals surface area contributed by atoms with Crippen molar-refractivity contribution >= 4 is 0 Å². The molecule has 0 saturated carbocycles. The Kier molecular flexibility index (Phi) is 4.88. The van der Waals surface area contributed by atoms with Crippen LogP contribution in [0.3, 0.4) is 0 Å². The fraction of sp³-hybridized carbons (Fsp3) is 0.500. The summed E-state index contributed by atoms with van der Waals surface area (Å²) in [6.07, 6.45) is 1.13. The van der Waals surface area contributed by atoms with Gasteiger partial charge in [-0.3, -0.25) is 0 Å². The fourth-order valence-electron chi connectivity index (χ4n) is 1.58. The molecule has 1 aliphatic rings. The van der Waals surface area contributed by atoms with E-state index >= 15 is 0 Å². The second kappa shape index (κ2) is 5.72. The van der Waals surface area contributed by atoms with E-state index in [1.54, 1.807) is 0 Å². The Labute approximate surface area is 103 Å².